The van der Waals surface area contributed by atoms with Crippen molar-refractivity contribution in [1.82, 2.24) is 0 Å². The summed E-state index contributed by atoms with van der Waals surface area (Å²) in [6.45, 7) is 9.71. The van der Waals surface area contributed by atoms with Crippen molar-refractivity contribution in [2.75, 3.05) is 26.3 Å². The van der Waals surface area contributed by atoms with E-state index in [1.54, 1.807) is 0 Å². The quantitative estimate of drug-likeness (QED) is 0.0729. The van der Waals surface area contributed by atoms with Crippen molar-refractivity contribution in [3.05, 3.63) is 71.8 Å². The van der Waals surface area contributed by atoms with E-state index >= 15 is 0 Å². The van der Waals surface area contributed by atoms with E-state index in [2.05, 4.69) is 74.5 Å². The van der Waals surface area contributed by atoms with Gasteiger partial charge in [-0.25, -0.2) is 0 Å². The number of benzene rings is 2. The molecular formula is C40H68ClNO2. The standard InChI is InChI=1S/C40H68NO2.ClH/c1-3-5-7-9-11-12-13-14-15-16-18-26-33-43-34-32-41(35-38-27-21-19-22-28-38,36-39-29-23-20-24-30-39)37-40(42)31-25-17-10-8-6-4-2;/h19-24,27-30,40,42H,3-18,25-26,31-37H2,1-2H3;1H/q+1;/p-1. The lowest BCUT2D eigenvalue weighted by Crippen LogP contribution is -3.00. The highest BCUT2D eigenvalue weighted by molar-refractivity contribution is 5.15. The van der Waals surface area contributed by atoms with Crippen molar-refractivity contribution < 1.29 is 26.7 Å². The summed E-state index contributed by atoms with van der Waals surface area (Å²) in [6, 6.07) is 21.7. The zero-order valence-corrected chi connectivity index (χ0v) is 29.5. The van der Waals surface area contributed by atoms with Gasteiger partial charge in [-0.1, -0.05) is 184 Å². The minimum atomic E-state index is -0.282. The topological polar surface area (TPSA) is 29.5 Å². The van der Waals surface area contributed by atoms with E-state index in [1.807, 2.05) is 0 Å². The molecule has 0 radical (unpaired) electrons. The fraction of sp³-hybridized carbons (Fsp3) is 0.700. The van der Waals surface area contributed by atoms with Crippen LogP contribution in [0.15, 0.2) is 60.7 Å². The van der Waals surface area contributed by atoms with Crippen LogP contribution in [0.3, 0.4) is 0 Å². The van der Waals surface area contributed by atoms with Crippen molar-refractivity contribution in [2.45, 2.75) is 155 Å². The molecule has 0 spiro atoms. The summed E-state index contributed by atoms with van der Waals surface area (Å²) in [5.74, 6) is 0. The van der Waals surface area contributed by atoms with Gasteiger partial charge in [0.25, 0.3) is 0 Å². The van der Waals surface area contributed by atoms with Crippen molar-refractivity contribution >= 4 is 0 Å². The molecule has 2 rings (SSSR count). The third kappa shape index (κ3) is 20.6. The average molecular weight is 630 g/mol. The first kappa shape index (κ1) is 40.6. The normalized spacial score (nSPS) is 12.2. The maximum absolute atomic E-state index is 11.3. The Hall–Kier alpha value is -1.39. The van der Waals surface area contributed by atoms with Gasteiger partial charge >= 0.3 is 0 Å². The molecule has 0 heterocycles. The number of quaternary nitrogens is 1. The second-order valence-electron chi connectivity index (χ2n) is 13.2. The summed E-state index contributed by atoms with van der Waals surface area (Å²) < 4.78 is 7.11. The molecule has 1 N–H and O–H groups in total. The summed E-state index contributed by atoms with van der Waals surface area (Å²) in [6.07, 6.45) is 24.6. The van der Waals surface area contributed by atoms with Crippen LogP contribution in [-0.4, -0.2) is 42.0 Å². The summed E-state index contributed by atoms with van der Waals surface area (Å²) in [5.41, 5.74) is 2.68. The predicted molar refractivity (Wildman–Crippen MR) is 186 cm³/mol. The van der Waals surface area contributed by atoms with Crippen LogP contribution in [0.1, 0.15) is 147 Å². The number of ether oxygens (including phenoxy) is 1. The zero-order chi connectivity index (χ0) is 30.7. The van der Waals surface area contributed by atoms with Gasteiger partial charge in [0.15, 0.2) is 0 Å². The third-order valence-electron chi connectivity index (χ3n) is 9.06. The third-order valence-corrected chi connectivity index (χ3v) is 9.06. The van der Waals surface area contributed by atoms with Crippen LogP contribution in [0.2, 0.25) is 0 Å². The van der Waals surface area contributed by atoms with Crippen molar-refractivity contribution in [3.63, 3.8) is 0 Å². The number of aliphatic hydroxyl groups is 1. The highest BCUT2D eigenvalue weighted by Gasteiger charge is 2.31. The van der Waals surface area contributed by atoms with E-state index in [4.69, 9.17) is 4.74 Å². The highest BCUT2D eigenvalue weighted by atomic mass is 35.5. The number of hydrogen-bond donors (Lipinski definition) is 1. The molecule has 0 bridgehead atoms. The van der Waals surface area contributed by atoms with E-state index < -0.39 is 0 Å². The second-order valence-corrected chi connectivity index (χ2v) is 13.2. The first-order valence-corrected chi connectivity index (χ1v) is 18.4. The second kappa shape index (κ2) is 27.9. The molecule has 252 valence electrons. The number of rotatable bonds is 29. The number of halogens is 1. The monoisotopic (exact) mass is 629 g/mol. The lowest BCUT2D eigenvalue weighted by atomic mass is 10.0. The van der Waals surface area contributed by atoms with Crippen LogP contribution in [0, 0.1) is 0 Å². The summed E-state index contributed by atoms with van der Waals surface area (Å²) in [4.78, 5) is 0. The molecule has 2 aromatic rings. The van der Waals surface area contributed by atoms with Crippen LogP contribution < -0.4 is 12.4 Å². The predicted octanol–water partition coefficient (Wildman–Crippen LogP) is 8.04. The van der Waals surface area contributed by atoms with Gasteiger partial charge in [-0.05, 0) is 12.8 Å². The maximum Gasteiger partial charge on any atom is 0.106 e. The molecule has 1 unspecified atom stereocenters. The van der Waals surface area contributed by atoms with Gasteiger partial charge < -0.3 is 26.7 Å². The van der Waals surface area contributed by atoms with Crippen LogP contribution >= 0.6 is 0 Å². The molecule has 44 heavy (non-hydrogen) atoms. The molecule has 0 fully saturated rings. The van der Waals surface area contributed by atoms with Crippen LogP contribution in [0.4, 0.5) is 0 Å². The smallest absolute Gasteiger partial charge is 0.106 e. The SMILES string of the molecule is CCCCCCCCCCCCCCOCC[N+](Cc1ccccc1)(Cc1ccccc1)CC(O)CCCCCCCC.[Cl-]. The fourth-order valence-electron chi connectivity index (χ4n) is 6.48. The van der Waals surface area contributed by atoms with Gasteiger partial charge in [-0.3, -0.25) is 0 Å². The Balaban J connectivity index is 0.00000968. The van der Waals surface area contributed by atoms with Gasteiger partial charge in [-0.15, -0.1) is 0 Å². The fourth-order valence-corrected chi connectivity index (χ4v) is 6.48. The molecule has 0 aromatic heterocycles. The van der Waals surface area contributed by atoms with E-state index in [0.717, 1.165) is 63.1 Å². The summed E-state index contributed by atoms with van der Waals surface area (Å²) in [7, 11) is 0. The minimum Gasteiger partial charge on any atom is -1.00 e. The van der Waals surface area contributed by atoms with Crippen molar-refractivity contribution in [1.29, 1.82) is 0 Å². The summed E-state index contributed by atoms with van der Waals surface area (Å²) in [5, 5.41) is 11.3. The lowest BCUT2D eigenvalue weighted by Gasteiger charge is -2.40. The van der Waals surface area contributed by atoms with Crippen LogP contribution in [0.5, 0.6) is 0 Å². The molecule has 0 amide bonds. The Morgan fingerprint density at radius 1 is 0.545 bits per heavy atom. The Kier molecular flexibility index (Phi) is 25.7. The molecule has 1 atom stereocenters. The van der Waals surface area contributed by atoms with Crippen molar-refractivity contribution in [2.24, 2.45) is 0 Å². The van der Waals surface area contributed by atoms with Crippen LogP contribution in [0.25, 0.3) is 0 Å². The number of nitrogens with zero attached hydrogens (tertiary/aromatic N) is 1. The number of hydrogen-bond acceptors (Lipinski definition) is 2. The molecule has 0 aliphatic rings. The molecule has 0 aliphatic heterocycles. The van der Waals surface area contributed by atoms with E-state index in [0.29, 0.717) is 0 Å². The van der Waals surface area contributed by atoms with Crippen LogP contribution in [-0.2, 0) is 17.8 Å². The lowest BCUT2D eigenvalue weighted by molar-refractivity contribution is -0.956. The van der Waals surface area contributed by atoms with E-state index in [1.165, 1.54) is 114 Å². The average Bonchev–Trinajstić information content (AvgIpc) is 3.02. The zero-order valence-electron chi connectivity index (χ0n) is 28.7. The minimum absolute atomic E-state index is 0. The van der Waals surface area contributed by atoms with Gasteiger partial charge in [0, 0.05) is 17.7 Å². The maximum atomic E-state index is 11.3. The Labute approximate surface area is 279 Å². The molecule has 2 aromatic carbocycles. The van der Waals surface area contributed by atoms with Crippen molar-refractivity contribution in [3.8, 4) is 0 Å². The van der Waals surface area contributed by atoms with Gasteiger partial charge in [-0.2, -0.15) is 0 Å². The molecule has 3 nitrogen and oxygen atoms in total. The van der Waals surface area contributed by atoms with E-state index in [9.17, 15) is 5.11 Å². The van der Waals surface area contributed by atoms with Gasteiger partial charge in [0.2, 0.25) is 0 Å². The summed E-state index contributed by atoms with van der Waals surface area (Å²) >= 11 is 0. The largest absolute Gasteiger partial charge is 1.00 e. The molecular weight excluding hydrogens is 562 g/mol. The highest BCUT2D eigenvalue weighted by Crippen LogP contribution is 2.23. The molecule has 4 heteroatoms. The Bertz CT molecular complexity index is 821. The van der Waals surface area contributed by atoms with Gasteiger partial charge in [0.1, 0.15) is 32.3 Å². The first-order valence-electron chi connectivity index (χ1n) is 18.4. The first-order chi connectivity index (χ1) is 21.2. The molecule has 0 aliphatic carbocycles. The number of unbranched alkanes of at least 4 members (excludes halogenated alkanes) is 16. The molecule has 0 saturated heterocycles. The van der Waals surface area contributed by atoms with E-state index in [-0.39, 0.29) is 18.5 Å². The molecule has 0 saturated carbocycles. The van der Waals surface area contributed by atoms with Gasteiger partial charge in [0.05, 0.1) is 6.61 Å². The Morgan fingerprint density at radius 3 is 1.41 bits per heavy atom. The number of aliphatic hydroxyl groups excluding tert-OH is 1. The Morgan fingerprint density at radius 2 is 0.955 bits per heavy atom.